The zero-order valence-electron chi connectivity index (χ0n) is 10.7. The van der Waals surface area contributed by atoms with Crippen LogP contribution in [0.15, 0.2) is 0 Å². The van der Waals surface area contributed by atoms with Gasteiger partial charge in [-0.25, -0.2) is 0 Å². The van der Waals surface area contributed by atoms with Gasteiger partial charge >= 0.3 is 11.9 Å². The topological polar surface area (TPSA) is 80.3 Å². The highest BCUT2D eigenvalue weighted by atomic mass is 16.7. The molecule has 2 rings (SSSR count). The van der Waals surface area contributed by atoms with Crippen LogP contribution in [0.4, 0.5) is 0 Å². The van der Waals surface area contributed by atoms with Gasteiger partial charge in [0.1, 0.15) is 0 Å². The van der Waals surface area contributed by atoms with Gasteiger partial charge in [0, 0.05) is 12.8 Å². The molecule has 0 radical (unpaired) electrons. The van der Waals surface area contributed by atoms with E-state index in [4.69, 9.17) is 18.9 Å². The van der Waals surface area contributed by atoms with Crippen LogP contribution in [-0.2, 0) is 33.3 Å². The van der Waals surface area contributed by atoms with E-state index < -0.39 is 11.9 Å². The van der Waals surface area contributed by atoms with E-state index in [1.807, 2.05) is 0 Å². The van der Waals surface area contributed by atoms with Crippen LogP contribution in [0.25, 0.3) is 0 Å². The molecular formula is C12H18O7. The molecule has 0 aromatic carbocycles. The van der Waals surface area contributed by atoms with Gasteiger partial charge in [-0.15, -0.1) is 0 Å². The third-order valence-electron chi connectivity index (χ3n) is 2.78. The van der Waals surface area contributed by atoms with E-state index in [2.05, 4.69) is 4.74 Å². The van der Waals surface area contributed by atoms with Gasteiger partial charge in [0.15, 0.2) is 12.6 Å². The zero-order valence-corrected chi connectivity index (χ0v) is 10.7. The van der Waals surface area contributed by atoms with Crippen molar-refractivity contribution in [3.8, 4) is 0 Å². The summed E-state index contributed by atoms with van der Waals surface area (Å²) in [6, 6.07) is 0. The Kier molecular flexibility index (Phi) is 5.71. The third-order valence-corrected chi connectivity index (χ3v) is 2.78. The van der Waals surface area contributed by atoms with E-state index in [0.717, 1.165) is 0 Å². The predicted octanol–water partition coefficient (Wildman–Crippen LogP) is 0.362. The summed E-state index contributed by atoms with van der Waals surface area (Å²) >= 11 is 0. The van der Waals surface area contributed by atoms with Gasteiger partial charge in [0.25, 0.3) is 0 Å². The molecule has 0 saturated carbocycles. The van der Waals surface area contributed by atoms with Crippen molar-refractivity contribution in [3.05, 3.63) is 0 Å². The molecule has 0 aliphatic carbocycles. The molecule has 7 heteroatoms. The Hall–Kier alpha value is -1.02. The monoisotopic (exact) mass is 274 g/mol. The molecule has 0 aromatic heterocycles. The van der Waals surface area contributed by atoms with Crippen molar-refractivity contribution in [3.63, 3.8) is 0 Å². The van der Waals surface area contributed by atoms with E-state index >= 15 is 0 Å². The number of rotatable bonds is 6. The molecule has 0 N–H and O–H groups in total. The first-order chi connectivity index (χ1) is 9.24. The average molecular weight is 274 g/mol. The molecule has 2 heterocycles. The summed E-state index contributed by atoms with van der Waals surface area (Å²) in [6.07, 6.45) is 0.299. The van der Waals surface area contributed by atoms with Crippen molar-refractivity contribution >= 4 is 11.9 Å². The molecule has 0 aromatic rings. The van der Waals surface area contributed by atoms with Crippen LogP contribution in [0.3, 0.4) is 0 Å². The van der Waals surface area contributed by atoms with E-state index in [1.165, 1.54) is 0 Å². The van der Waals surface area contributed by atoms with Gasteiger partial charge in [0.2, 0.25) is 0 Å². The molecule has 7 nitrogen and oxygen atoms in total. The highest BCUT2D eigenvalue weighted by molar-refractivity contribution is 5.85. The largest absolute Gasteiger partial charge is 0.393 e. The second-order valence-corrected chi connectivity index (χ2v) is 4.27. The summed E-state index contributed by atoms with van der Waals surface area (Å²) in [4.78, 5) is 22.8. The number of ether oxygens (including phenoxy) is 5. The second kappa shape index (κ2) is 7.54. The molecule has 0 spiro atoms. The summed E-state index contributed by atoms with van der Waals surface area (Å²) in [5.41, 5.74) is 0. The summed E-state index contributed by atoms with van der Waals surface area (Å²) < 4.78 is 25.4. The molecule has 0 amide bonds. The Morgan fingerprint density at radius 1 is 0.789 bits per heavy atom. The molecule has 2 aliphatic rings. The van der Waals surface area contributed by atoms with Crippen LogP contribution >= 0.6 is 0 Å². The van der Waals surface area contributed by atoms with E-state index in [1.54, 1.807) is 0 Å². The van der Waals surface area contributed by atoms with Crippen molar-refractivity contribution in [2.75, 3.05) is 26.4 Å². The Labute approximate surface area is 111 Å². The summed E-state index contributed by atoms with van der Waals surface area (Å²) in [5, 5.41) is 0. The zero-order chi connectivity index (χ0) is 13.5. The first kappa shape index (κ1) is 14.4. The standard InChI is InChI=1S/C12H18O7/c13-9(1-3-11-15-5-6-16-11)19-10(14)2-4-12-17-7-8-18-12/h11-12H,1-8H2. The van der Waals surface area contributed by atoms with Gasteiger partial charge in [-0.1, -0.05) is 0 Å². The lowest BCUT2D eigenvalue weighted by atomic mass is 10.3. The van der Waals surface area contributed by atoms with Crippen LogP contribution < -0.4 is 0 Å². The fraction of sp³-hybridized carbons (Fsp3) is 0.833. The number of carbonyl (C=O) groups is 2. The minimum absolute atomic E-state index is 0.104. The van der Waals surface area contributed by atoms with Crippen LogP contribution in [0, 0.1) is 0 Å². The maximum atomic E-state index is 11.4. The van der Waals surface area contributed by atoms with Crippen molar-refractivity contribution in [2.24, 2.45) is 0 Å². The van der Waals surface area contributed by atoms with Gasteiger partial charge < -0.3 is 23.7 Å². The van der Waals surface area contributed by atoms with Gasteiger partial charge in [-0.2, -0.15) is 0 Å². The highest BCUT2D eigenvalue weighted by Gasteiger charge is 2.21. The van der Waals surface area contributed by atoms with Crippen molar-refractivity contribution in [2.45, 2.75) is 38.3 Å². The van der Waals surface area contributed by atoms with Crippen molar-refractivity contribution in [1.29, 1.82) is 0 Å². The fourth-order valence-electron chi connectivity index (χ4n) is 1.85. The molecule has 2 fully saturated rings. The second-order valence-electron chi connectivity index (χ2n) is 4.27. The lowest BCUT2D eigenvalue weighted by molar-refractivity contribution is -0.162. The van der Waals surface area contributed by atoms with E-state index in [9.17, 15) is 9.59 Å². The Bertz CT molecular complexity index is 275. The quantitative estimate of drug-likeness (QED) is 0.511. The van der Waals surface area contributed by atoms with Gasteiger partial charge in [-0.3, -0.25) is 9.59 Å². The number of carbonyl (C=O) groups excluding carboxylic acids is 2. The SMILES string of the molecule is O=C(CCC1OCCO1)OC(=O)CCC1OCCO1. The lowest BCUT2D eigenvalue weighted by Gasteiger charge is -2.09. The van der Waals surface area contributed by atoms with Crippen LogP contribution in [0.1, 0.15) is 25.7 Å². The first-order valence-electron chi connectivity index (χ1n) is 6.44. The van der Waals surface area contributed by atoms with Gasteiger partial charge in [-0.05, 0) is 0 Å². The minimum Gasteiger partial charge on any atom is -0.393 e. The maximum Gasteiger partial charge on any atom is 0.313 e. The Morgan fingerprint density at radius 2 is 1.16 bits per heavy atom. The minimum atomic E-state index is -0.558. The molecule has 2 aliphatic heterocycles. The number of hydrogen-bond donors (Lipinski definition) is 0. The van der Waals surface area contributed by atoms with Crippen molar-refractivity contribution < 1.29 is 33.3 Å². The van der Waals surface area contributed by atoms with E-state index in [-0.39, 0.29) is 25.4 Å². The smallest absolute Gasteiger partial charge is 0.313 e. The number of esters is 2. The number of hydrogen-bond acceptors (Lipinski definition) is 7. The first-order valence-corrected chi connectivity index (χ1v) is 6.44. The predicted molar refractivity (Wildman–Crippen MR) is 61.0 cm³/mol. The molecule has 0 bridgehead atoms. The summed E-state index contributed by atoms with van der Waals surface area (Å²) in [7, 11) is 0. The molecule has 0 atom stereocenters. The summed E-state index contributed by atoms with van der Waals surface area (Å²) in [5.74, 6) is -1.12. The molecule has 108 valence electrons. The third kappa shape index (κ3) is 5.23. The van der Waals surface area contributed by atoms with Crippen LogP contribution in [0.2, 0.25) is 0 Å². The Balaban J connectivity index is 1.54. The molecular weight excluding hydrogens is 256 g/mol. The average Bonchev–Trinajstić information content (AvgIpc) is 3.07. The van der Waals surface area contributed by atoms with Crippen molar-refractivity contribution in [1.82, 2.24) is 0 Å². The maximum absolute atomic E-state index is 11.4. The Morgan fingerprint density at radius 3 is 1.53 bits per heavy atom. The van der Waals surface area contributed by atoms with Crippen LogP contribution in [-0.4, -0.2) is 50.9 Å². The normalized spacial score (nSPS) is 20.8. The lowest BCUT2D eigenvalue weighted by Crippen LogP contribution is -2.17. The highest BCUT2D eigenvalue weighted by Crippen LogP contribution is 2.12. The molecule has 0 unspecified atom stereocenters. The van der Waals surface area contributed by atoms with Gasteiger partial charge in [0.05, 0.1) is 39.3 Å². The fourth-order valence-corrected chi connectivity index (χ4v) is 1.85. The molecule has 19 heavy (non-hydrogen) atoms. The van der Waals surface area contributed by atoms with E-state index in [0.29, 0.717) is 39.3 Å². The van der Waals surface area contributed by atoms with Crippen LogP contribution in [0.5, 0.6) is 0 Å². The molecule has 2 saturated heterocycles. The summed E-state index contributed by atoms with van der Waals surface area (Å²) in [6.45, 7) is 2.17.